The zero-order chi connectivity index (χ0) is 21.2. The third kappa shape index (κ3) is 8.20. The van der Waals surface area contributed by atoms with E-state index >= 15 is 0 Å². The number of rotatable bonds is 11. The van der Waals surface area contributed by atoms with Crippen molar-refractivity contribution in [2.24, 2.45) is 11.7 Å². The van der Waals surface area contributed by atoms with Gasteiger partial charge in [-0.3, -0.25) is 14.2 Å². The number of hydrogen-bond donors (Lipinski definition) is 3. The van der Waals surface area contributed by atoms with Crippen LogP contribution in [0.3, 0.4) is 0 Å². The number of hydrogen-bond acceptors (Lipinski definition) is 5. The number of benzene rings is 2. The first-order valence-electron chi connectivity index (χ1n) is 9.41. The molecule has 0 aliphatic heterocycles. The quantitative estimate of drug-likeness (QED) is 0.381. The standard InChI is InChI=1S/C21H27N2O5P/c1-15(21(25)26)23-20(24)18(12-16-8-4-2-5-9-16)14-29(27)28-19(22)13-17-10-6-3-7-11-17/h2-11,15,18-19,29H,12-14,22H2,1H3,(H,23,24)(H,25,26)/t15-,18?,19?/m0/s1. The Morgan fingerprint density at radius 3 is 2.07 bits per heavy atom. The second-order valence-electron chi connectivity index (χ2n) is 6.88. The van der Waals surface area contributed by atoms with Gasteiger partial charge >= 0.3 is 5.97 Å². The van der Waals surface area contributed by atoms with E-state index < -0.39 is 38.1 Å². The van der Waals surface area contributed by atoms with Crippen molar-refractivity contribution in [2.75, 3.05) is 6.16 Å². The molecule has 0 aromatic heterocycles. The molecule has 4 N–H and O–H groups in total. The Kier molecular flexibility index (Phi) is 9.06. The number of aliphatic carboxylic acids is 1. The summed E-state index contributed by atoms with van der Waals surface area (Å²) in [7, 11) is -2.61. The Labute approximate surface area is 171 Å². The van der Waals surface area contributed by atoms with Crippen LogP contribution in [0, 0.1) is 5.92 Å². The molecule has 0 saturated heterocycles. The third-order valence-electron chi connectivity index (χ3n) is 4.40. The molecule has 1 amide bonds. The Bertz CT molecular complexity index is 816. The van der Waals surface area contributed by atoms with Crippen LogP contribution in [-0.2, 0) is 31.5 Å². The van der Waals surface area contributed by atoms with Crippen LogP contribution in [0.5, 0.6) is 0 Å². The van der Waals surface area contributed by atoms with Crippen molar-refractivity contribution < 1.29 is 23.8 Å². The molecule has 29 heavy (non-hydrogen) atoms. The van der Waals surface area contributed by atoms with E-state index in [2.05, 4.69) is 5.32 Å². The molecular weight excluding hydrogens is 391 g/mol. The number of nitrogens with two attached hydrogens (primary N) is 1. The van der Waals surface area contributed by atoms with Gasteiger partial charge in [0.2, 0.25) is 5.91 Å². The highest BCUT2D eigenvalue weighted by Crippen LogP contribution is 2.29. The Balaban J connectivity index is 2.00. The number of carbonyl (C=O) groups excluding carboxylic acids is 1. The van der Waals surface area contributed by atoms with Crippen molar-refractivity contribution in [3.05, 3.63) is 71.8 Å². The molecule has 0 saturated carbocycles. The maximum absolute atomic E-state index is 12.6. The molecule has 0 heterocycles. The summed E-state index contributed by atoms with van der Waals surface area (Å²) < 4.78 is 18.0. The highest BCUT2D eigenvalue weighted by atomic mass is 31.1. The van der Waals surface area contributed by atoms with Crippen molar-refractivity contribution in [2.45, 2.75) is 32.0 Å². The highest BCUT2D eigenvalue weighted by Gasteiger charge is 2.25. The summed E-state index contributed by atoms with van der Waals surface area (Å²) >= 11 is 0. The van der Waals surface area contributed by atoms with E-state index in [0.717, 1.165) is 11.1 Å². The lowest BCUT2D eigenvalue weighted by Gasteiger charge is -2.20. The molecule has 0 aliphatic rings. The molecule has 8 heteroatoms. The minimum Gasteiger partial charge on any atom is -0.480 e. The first kappa shape index (κ1) is 22.8. The average molecular weight is 418 g/mol. The number of carboxylic acids is 1. The summed E-state index contributed by atoms with van der Waals surface area (Å²) in [6, 6.07) is 17.7. The third-order valence-corrected chi connectivity index (χ3v) is 5.79. The van der Waals surface area contributed by atoms with Gasteiger partial charge in [0.1, 0.15) is 12.3 Å². The van der Waals surface area contributed by atoms with Gasteiger partial charge in [0, 0.05) is 12.6 Å². The maximum Gasteiger partial charge on any atom is 0.325 e. The van der Waals surface area contributed by atoms with Crippen molar-refractivity contribution in [3.8, 4) is 0 Å². The fourth-order valence-corrected chi connectivity index (χ4v) is 4.10. The van der Waals surface area contributed by atoms with Gasteiger partial charge in [-0.2, -0.15) is 0 Å². The minimum atomic E-state index is -2.61. The summed E-state index contributed by atoms with van der Waals surface area (Å²) in [5, 5.41) is 11.5. The van der Waals surface area contributed by atoms with Crippen molar-refractivity contribution in [3.63, 3.8) is 0 Å². The molecule has 2 aromatic rings. The smallest absolute Gasteiger partial charge is 0.325 e. The van der Waals surface area contributed by atoms with E-state index in [0.29, 0.717) is 12.8 Å². The zero-order valence-corrected chi connectivity index (χ0v) is 17.3. The van der Waals surface area contributed by atoms with Crippen molar-refractivity contribution in [1.29, 1.82) is 0 Å². The molecule has 4 atom stereocenters. The van der Waals surface area contributed by atoms with Crippen molar-refractivity contribution >= 4 is 19.9 Å². The van der Waals surface area contributed by atoms with E-state index in [1.807, 2.05) is 60.7 Å². The summed E-state index contributed by atoms with van der Waals surface area (Å²) in [5.74, 6) is -2.29. The van der Waals surface area contributed by atoms with E-state index in [-0.39, 0.29) is 6.16 Å². The summed E-state index contributed by atoms with van der Waals surface area (Å²) in [4.78, 5) is 23.6. The molecule has 0 fully saturated rings. The second kappa shape index (κ2) is 11.5. The lowest BCUT2D eigenvalue weighted by Crippen LogP contribution is -2.43. The molecular formula is C21H27N2O5P. The fraction of sp³-hybridized carbons (Fsp3) is 0.333. The normalized spacial score (nSPS) is 15.1. The summed E-state index contributed by atoms with van der Waals surface area (Å²) in [6.07, 6.45) is -0.0300. The summed E-state index contributed by atoms with van der Waals surface area (Å²) in [6.45, 7) is 1.38. The monoisotopic (exact) mass is 418 g/mol. The van der Waals surface area contributed by atoms with E-state index in [9.17, 15) is 14.2 Å². The molecule has 0 bridgehead atoms. The van der Waals surface area contributed by atoms with E-state index in [4.69, 9.17) is 15.4 Å². The lowest BCUT2D eigenvalue weighted by atomic mass is 10.00. The van der Waals surface area contributed by atoms with Crippen LogP contribution in [-0.4, -0.2) is 35.4 Å². The van der Waals surface area contributed by atoms with Gasteiger partial charge in [0.05, 0.1) is 5.92 Å². The highest BCUT2D eigenvalue weighted by molar-refractivity contribution is 7.39. The minimum absolute atomic E-state index is 0.0137. The maximum atomic E-state index is 12.6. The van der Waals surface area contributed by atoms with Crippen molar-refractivity contribution in [1.82, 2.24) is 5.32 Å². The lowest BCUT2D eigenvalue weighted by molar-refractivity contribution is -0.141. The second-order valence-corrected chi connectivity index (χ2v) is 8.27. The fourth-order valence-electron chi connectivity index (χ4n) is 2.86. The van der Waals surface area contributed by atoms with Crippen LogP contribution < -0.4 is 11.1 Å². The molecule has 3 unspecified atom stereocenters. The topological polar surface area (TPSA) is 119 Å². The largest absolute Gasteiger partial charge is 0.480 e. The predicted octanol–water partition coefficient (Wildman–Crippen LogP) is 2.45. The number of nitrogens with one attached hydrogen (secondary N) is 1. The van der Waals surface area contributed by atoms with Gasteiger partial charge in [-0.1, -0.05) is 60.7 Å². The summed E-state index contributed by atoms with van der Waals surface area (Å²) in [5.41, 5.74) is 7.81. The molecule has 2 aromatic carbocycles. The first-order valence-corrected chi connectivity index (χ1v) is 10.9. The van der Waals surface area contributed by atoms with Gasteiger partial charge < -0.3 is 20.7 Å². The van der Waals surface area contributed by atoms with Gasteiger partial charge in [0.15, 0.2) is 8.03 Å². The molecule has 2 rings (SSSR count). The van der Waals surface area contributed by atoms with Gasteiger partial charge in [-0.25, -0.2) is 0 Å². The number of amides is 1. The van der Waals surface area contributed by atoms with Gasteiger partial charge in [0.25, 0.3) is 0 Å². The SMILES string of the molecule is C[C@H](NC(=O)C(Cc1ccccc1)C[PH](=O)OC(N)Cc1ccccc1)C(=O)O. The Morgan fingerprint density at radius 2 is 1.55 bits per heavy atom. The van der Waals surface area contributed by atoms with Crippen LogP contribution in [0.15, 0.2) is 60.7 Å². The van der Waals surface area contributed by atoms with Crippen LogP contribution in [0.4, 0.5) is 0 Å². The van der Waals surface area contributed by atoms with Crippen LogP contribution in [0.2, 0.25) is 0 Å². The number of carbonyl (C=O) groups is 2. The first-order chi connectivity index (χ1) is 13.8. The van der Waals surface area contributed by atoms with Crippen LogP contribution in [0.1, 0.15) is 18.1 Å². The molecule has 7 nitrogen and oxygen atoms in total. The Hall–Kier alpha value is -2.47. The number of carboxylic acid groups (broad SMARTS) is 1. The predicted molar refractivity (Wildman–Crippen MR) is 112 cm³/mol. The van der Waals surface area contributed by atoms with Gasteiger partial charge in [-0.05, 0) is 24.5 Å². The Morgan fingerprint density at radius 1 is 1.03 bits per heavy atom. The van der Waals surface area contributed by atoms with E-state index in [1.165, 1.54) is 6.92 Å². The van der Waals surface area contributed by atoms with Crippen LogP contribution in [0.25, 0.3) is 0 Å². The van der Waals surface area contributed by atoms with Gasteiger partial charge in [-0.15, -0.1) is 0 Å². The molecule has 156 valence electrons. The van der Waals surface area contributed by atoms with E-state index in [1.54, 1.807) is 0 Å². The molecule has 0 radical (unpaired) electrons. The average Bonchev–Trinajstić information content (AvgIpc) is 2.68. The zero-order valence-electron chi connectivity index (χ0n) is 16.3. The molecule has 0 spiro atoms. The van der Waals surface area contributed by atoms with Crippen LogP contribution >= 0.6 is 8.03 Å². The molecule has 0 aliphatic carbocycles.